The molecule has 2 N–H and O–H groups in total. The second kappa shape index (κ2) is 9.00. The van der Waals surface area contributed by atoms with Gasteiger partial charge < -0.3 is 33.9 Å². The van der Waals surface area contributed by atoms with Crippen molar-refractivity contribution in [1.29, 1.82) is 0 Å². The third kappa shape index (κ3) is 3.67. The van der Waals surface area contributed by atoms with Gasteiger partial charge in [0.2, 0.25) is 18.3 Å². The maximum atomic E-state index is 13.8. The van der Waals surface area contributed by atoms with E-state index in [4.69, 9.17) is 23.7 Å². The first-order valence-corrected chi connectivity index (χ1v) is 11.5. The van der Waals surface area contributed by atoms with Crippen LogP contribution in [0.3, 0.4) is 0 Å². The molecule has 1 heterocycles. The quantitative estimate of drug-likeness (QED) is 0.603. The molecule has 2 aromatic rings. The summed E-state index contributed by atoms with van der Waals surface area (Å²) in [5, 5.41) is 23.4. The predicted octanol–water partition coefficient (Wildman–Crippen LogP) is 4.38. The van der Waals surface area contributed by atoms with Crippen LogP contribution >= 0.6 is 0 Å². The summed E-state index contributed by atoms with van der Waals surface area (Å²) in [6.45, 7) is 7.06. The Hall–Kier alpha value is -3.39. The highest BCUT2D eigenvalue weighted by Crippen LogP contribution is 2.59. The Morgan fingerprint density at radius 1 is 1.11 bits per heavy atom. The van der Waals surface area contributed by atoms with E-state index in [-0.39, 0.29) is 30.0 Å². The number of hydrogen-bond donors (Lipinski definition) is 2. The van der Waals surface area contributed by atoms with Crippen LogP contribution in [0.2, 0.25) is 0 Å². The summed E-state index contributed by atoms with van der Waals surface area (Å²) < 4.78 is 28.2. The molecule has 0 radical (unpaired) electrons. The van der Waals surface area contributed by atoms with E-state index in [9.17, 15) is 15.0 Å². The number of allylic oxidation sites excluding steroid dienone is 2. The number of aromatic hydroxyl groups is 1. The highest BCUT2D eigenvalue weighted by Gasteiger charge is 2.48. The van der Waals surface area contributed by atoms with Crippen LogP contribution in [0, 0.1) is 5.92 Å². The van der Waals surface area contributed by atoms with E-state index in [2.05, 4.69) is 0 Å². The number of phenolic OH excluding ortho intramolecular Hbond substituents is 1. The molecule has 188 valence electrons. The number of carbonyl (C=O) groups excluding carboxylic acids is 1. The third-order valence-electron chi connectivity index (χ3n) is 7.33. The van der Waals surface area contributed by atoms with Crippen molar-refractivity contribution in [2.24, 2.45) is 5.92 Å². The van der Waals surface area contributed by atoms with E-state index in [1.54, 1.807) is 39.0 Å². The third-order valence-corrected chi connectivity index (χ3v) is 7.33. The first-order chi connectivity index (χ1) is 16.6. The number of hydrogen-bond acceptors (Lipinski definition) is 8. The van der Waals surface area contributed by atoms with Gasteiger partial charge in [0.05, 0.1) is 32.8 Å². The van der Waals surface area contributed by atoms with Crippen molar-refractivity contribution < 1.29 is 38.7 Å². The summed E-state index contributed by atoms with van der Waals surface area (Å²) in [5.41, 5.74) is 1.13. The van der Waals surface area contributed by atoms with E-state index < -0.39 is 11.5 Å². The van der Waals surface area contributed by atoms with E-state index in [0.717, 1.165) is 0 Å². The summed E-state index contributed by atoms with van der Waals surface area (Å²) in [6, 6.07) is 3.49. The standard InChI is InChI=1S/C27H32O8/c1-8-13(2)22(28)21-16-11-18-25(35-12-34-18)26(33-7)20(16)19-15(9-14(3)27(21,4)30)10-17(31-5)24(32-6)23(19)29/h8,10-11,14,21,29-30H,9,12H2,1-7H3/b13-8-/t14-,21+,27-/m0/s1. The summed E-state index contributed by atoms with van der Waals surface area (Å²) in [4.78, 5) is 13.8. The van der Waals surface area contributed by atoms with Gasteiger partial charge in [0, 0.05) is 11.1 Å². The van der Waals surface area contributed by atoms with E-state index >= 15 is 0 Å². The minimum Gasteiger partial charge on any atom is -0.504 e. The molecule has 8 heteroatoms. The largest absolute Gasteiger partial charge is 0.504 e. The SMILES string of the molecule is C/C=C(/C)C(=O)[C@H]1c2cc3c(c(OC)c2-c2c(cc(OC)c(OC)c2O)C[C@H](C)[C@]1(C)O)OCO3. The lowest BCUT2D eigenvalue weighted by Gasteiger charge is -2.41. The fraction of sp³-hybridized carbons (Fsp3) is 0.444. The Bertz CT molecular complexity index is 1210. The zero-order valence-electron chi connectivity index (χ0n) is 21.1. The molecule has 1 aliphatic heterocycles. The lowest BCUT2D eigenvalue weighted by molar-refractivity contribution is -0.125. The van der Waals surface area contributed by atoms with Crippen molar-refractivity contribution in [3.05, 3.63) is 34.9 Å². The van der Waals surface area contributed by atoms with Crippen LogP contribution in [0.4, 0.5) is 0 Å². The molecular formula is C27H32O8. The Kier molecular flexibility index (Phi) is 6.36. The Labute approximate surface area is 205 Å². The second-order valence-corrected chi connectivity index (χ2v) is 9.20. The van der Waals surface area contributed by atoms with Crippen LogP contribution in [-0.2, 0) is 11.2 Å². The summed E-state index contributed by atoms with van der Waals surface area (Å²) in [6.07, 6.45) is 2.08. The van der Waals surface area contributed by atoms with Gasteiger partial charge in [-0.1, -0.05) is 13.0 Å². The van der Waals surface area contributed by atoms with Crippen molar-refractivity contribution in [3.63, 3.8) is 0 Å². The van der Waals surface area contributed by atoms with Gasteiger partial charge in [-0.15, -0.1) is 0 Å². The lowest BCUT2D eigenvalue weighted by Crippen LogP contribution is -2.45. The normalized spacial score (nSPS) is 23.0. The molecule has 0 unspecified atom stereocenters. The van der Waals surface area contributed by atoms with Gasteiger partial charge in [0.25, 0.3) is 0 Å². The molecule has 0 aromatic heterocycles. The van der Waals surface area contributed by atoms with Crippen LogP contribution < -0.4 is 23.7 Å². The summed E-state index contributed by atoms with van der Waals surface area (Å²) in [5.74, 6) is -0.123. The molecule has 2 aliphatic rings. The van der Waals surface area contributed by atoms with Crippen LogP contribution in [0.15, 0.2) is 23.8 Å². The number of ketones is 1. The molecule has 3 atom stereocenters. The number of benzene rings is 2. The number of phenols is 1. The average Bonchev–Trinajstić information content (AvgIpc) is 3.30. The molecule has 2 aromatic carbocycles. The molecule has 0 amide bonds. The first-order valence-electron chi connectivity index (χ1n) is 11.5. The summed E-state index contributed by atoms with van der Waals surface area (Å²) in [7, 11) is 4.43. The molecule has 1 aliphatic carbocycles. The number of ether oxygens (including phenoxy) is 5. The Balaban J connectivity index is 2.21. The molecule has 4 rings (SSSR count). The van der Waals surface area contributed by atoms with Crippen molar-refractivity contribution >= 4 is 5.78 Å². The first kappa shape index (κ1) is 24.7. The van der Waals surface area contributed by atoms with Crippen LogP contribution in [0.1, 0.15) is 44.7 Å². The van der Waals surface area contributed by atoms with Gasteiger partial charge in [-0.3, -0.25) is 4.79 Å². The molecular weight excluding hydrogens is 452 g/mol. The fourth-order valence-electron chi connectivity index (χ4n) is 5.09. The van der Waals surface area contributed by atoms with Crippen LogP contribution in [0.5, 0.6) is 34.5 Å². The number of rotatable bonds is 5. The number of fused-ring (bicyclic) bond motifs is 4. The second-order valence-electron chi connectivity index (χ2n) is 9.20. The van der Waals surface area contributed by atoms with Gasteiger partial charge in [0.1, 0.15) is 0 Å². The zero-order valence-corrected chi connectivity index (χ0v) is 21.1. The van der Waals surface area contributed by atoms with Crippen molar-refractivity contribution in [2.75, 3.05) is 28.1 Å². The van der Waals surface area contributed by atoms with Crippen molar-refractivity contribution in [1.82, 2.24) is 0 Å². The molecule has 0 saturated carbocycles. The van der Waals surface area contributed by atoms with Gasteiger partial charge in [0.15, 0.2) is 28.8 Å². The fourth-order valence-corrected chi connectivity index (χ4v) is 5.09. The summed E-state index contributed by atoms with van der Waals surface area (Å²) >= 11 is 0. The maximum absolute atomic E-state index is 13.8. The average molecular weight is 485 g/mol. The smallest absolute Gasteiger partial charge is 0.231 e. The topological polar surface area (TPSA) is 104 Å². The molecule has 35 heavy (non-hydrogen) atoms. The van der Waals surface area contributed by atoms with Gasteiger partial charge >= 0.3 is 0 Å². The predicted molar refractivity (Wildman–Crippen MR) is 130 cm³/mol. The van der Waals surface area contributed by atoms with Crippen LogP contribution in [-0.4, -0.2) is 49.7 Å². The molecule has 8 nitrogen and oxygen atoms in total. The highest BCUT2D eigenvalue weighted by atomic mass is 16.7. The molecule has 0 fully saturated rings. The molecule has 0 bridgehead atoms. The Morgan fingerprint density at radius 3 is 2.40 bits per heavy atom. The number of Topliss-reactive ketones (excluding diaryl/α,β-unsaturated/α-hetero) is 1. The number of carbonyl (C=O) groups is 1. The van der Waals surface area contributed by atoms with Crippen molar-refractivity contribution in [2.45, 2.75) is 45.6 Å². The van der Waals surface area contributed by atoms with Gasteiger partial charge in [-0.25, -0.2) is 0 Å². The zero-order chi connectivity index (χ0) is 25.7. The Morgan fingerprint density at radius 2 is 1.80 bits per heavy atom. The van der Waals surface area contributed by atoms with E-state index in [1.807, 2.05) is 6.92 Å². The number of methoxy groups -OCH3 is 3. The van der Waals surface area contributed by atoms with Gasteiger partial charge in [-0.2, -0.15) is 0 Å². The molecule has 0 spiro atoms. The highest BCUT2D eigenvalue weighted by molar-refractivity contribution is 6.03. The van der Waals surface area contributed by atoms with Crippen molar-refractivity contribution in [3.8, 4) is 45.6 Å². The maximum Gasteiger partial charge on any atom is 0.231 e. The minimum atomic E-state index is -1.45. The molecule has 0 saturated heterocycles. The van der Waals surface area contributed by atoms with E-state index in [1.165, 1.54) is 21.3 Å². The van der Waals surface area contributed by atoms with Gasteiger partial charge in [-0.05, 0) is 61.9 Å². The lowest BCUT2D eigenvalue weighted by atomic mass is 9.66. The van der Waals surface area contributed by atoms with E-state index in [0.29, 0.717) is 57.2 Å². The number of aliphatic hydroxyl groups is 1. The minimum absolute atomic E-state index is 0.0152. The monoisotopic (exact) mass is 484 g/mol. The van der Waals surface area contributed by atoms with Crippen LogP contribution in [0.25, 0.3) is 11.1 Å².